The van der Waals surface area contributed by atoms with Gasteiger partial charge >= 0.3 is 0 Å². The zero-order valence-electron chi connectivity index (χ0n) is 15.0. The van der Waals surface area contributed by atoms with Gasteiger partial charge in [-0.3, -0.25) is 4.79 Å². The molecule has 2 N–H and O–H groups in total. The average molecular weight is 387 g/mol. The van der Waals surface area contributed by atoms with Crippen LogP contribution in [0.2, 0.25) is 0 Å². The summed E-state index contributed by atoms with van der Waals surface area (Å²) < 4.78 is 10.7. The number of benzene rings is 3. The summed E-state index contributed by atoms with van der Waals surface area (Å²) in [5, 5.41) is 22.2. The summed E-state index contributed by atoms with van der Waals surface area (Å²) in [5.74, 6) is 1.12. The minimum absolute atomic E-state index is 0.161. The molecule has 0 unspecified atom stereocenters. The van der Waals surface area contributed by atoms with Crippen molar-refractivity contribution in [2.24, 2.45) is 0 Å². The summed E-state index contributed by atoms with van der Waals surface area (Å²) in [5.41, 5.74) is 2.07. The van der Waals surface area contributed by atoms with Gasteiger partial charge < -0.3 is 19.7 Å². The number of methoxy groups -OCH3 is 2. The van der Waals surface area contributed by atoms with Gasteiger partial charge in [0, 0.05) is 11.1 Å². The van der Waals surface area contributed by atoms with Gasteiger partial charge in [-0.05, 0) is 81.2 Å². The van der Waals surface area contributed by atoms with E-state index < -0.39 is 5.24 Å². The van der Waals surface area contributed by atoms with E-state index in [-0.39, 0.29) is 13.2 Å². The van der Waals surface area contributed by atoms with Gasteiger partial charge in [-0.25, -0.2) is 0 Å². The predicted molar refractivity (Wildman–Crippen MR) is 106 cm³/mol. The van der Waals surface area contributed by atoms with Crippen LogP contribution in [0.15, 0.2) is 36.4 Å². The van der Waals surface area contributed by atoms with Crippen LogP contribution in [0.1, 0.15) is 16.7 Å². The Balaban J connectivity index is 2.46. The van der Waals surface area contributed by atoms with Crippen LogP contribution in [0.5, 0.6) is 11.5 Å². The second kappa shape index (κ2) is 7.96. The lowest BCUT2D eigenvalue weighted by Crippen LogP contribution is -1.96. The number of aliphatic hydroxyl groups is 2. The molecule has 0 heterocycles. The van der Waals surface area contributed by atoms with Crippen LogP contribution in [0.3, 0.4) is 0 Å². The lowest BCUT2D eigenvalue weighted by atomic mass is 9.93. The maximum atomic E-state index is 11.2. The Morgan fingerprint density at radius 2 is 1.52 bits per heavy atom. The third-order valence-corrected chi connectivity index (χ3v) is 4.65. The topological polar surface area (TPSA) is 76.0 Å². The Bertz CT molecular complexity index is 1060. The summed E-state index contributed by atoms with van der Waals surface area (Å²) >= 11 is 5.46. The molecule has 0 saturated carbocycles. The van der Waals surface area contributed by atoms with Gasteiger partial charge in [0.1, 0.15) is 11.5 Å². The lowest BCUT2D eigenvalue weighted by Gasteiger charge is -2.15. The molecule has 0 aromatic heterocycles. The SMILES string of the molecule is COc1cc2cc(C=CC(=O)Cl)c3cc(OC)c(CO)cc3c2cc1CO. The van der Waals surface area contributed by atoms with Crippen LogP contribution in [-0.2, 0) is 18.0 Å². The second-order valence-electron chi connectivity index (χ2n) is 6.01. The van der Waals surface area contributed by atoms with E-state index in [4.69, 9.17) is 21.1 Å². The molecule has 0 aliphatic heterocycles. The maximum Gasteiger partial charge on any atom is 0.245 e. The fourth-order valence-corrected chi connectivity index (χ4v) is 3.31. The third-order valence-electron chi connectivity index (χ3n) is 4.52. The van der Waals surface area contributed by atoms with Crippen molar-refractivity contribution < 1.29 is 24.5 Å². The molecule has 3 rings (SSSR count). The first-order valence-corrected chi connectivity index (χ1v) is 8.63. The largest absolute Gasteiger partial charge is 0.496 e. The van der Waals surface area contributed by atoms with Crippen molar-refractivity contribution in [3.63, 3.8) is 0 Å². The smallest absolute Gasteiger partial charge is 0.245 e. The van der Waals surface area contributed by atoms with Gasteiger partial charge in [-0.2, -0.15) is 0 Å². The molecule has 5 nitrogen and oxygen atoms in total. The van der Waals surface area contributed by atoms with E-state index in [0.29, 0.717) is 22.6 Å². The highest BCUT2D eigenvalue weighted by Crippen LogP contribution is 2.37. The van der Waals surface area contributed by atoms with Crippen molar-refractivity contribution in [3.8, 4) is 11.5 Å². The maximum absolute atomic E-state index is 11.2. The summed E-state index contributed by atoms with van der Waals surface area (Å²) in [7, 11) is 3.08. The molecule has 0 bridgehead atoms. The summed E-state index contributed by atoms with van der Waals surface area (Å²) in [6, 6.07) is 9.29. The number of hydrogen-bond acceptors (Lipinski definition) is 5. The van der Waals surface area contributed by atoms with E-state index in [9.17, 15) is 15.0 Å². The molecule has 0 aliphatic carbocycles. The second-order valence-corrected chi connectivity index (χ2v) is 6.39. The zero-order chi connectivity index (χ0) is 19.6. The van der Waals surface area contributed by atoms with Gasteiger partial charge in [0.2, 0.25) is 5.24 Å². The lowest BCUT2D eigenvalue weighted by molar-refractivity contribution is -0.107. The first-order valence-electron chi connectivity index (χ1n) is 8.25. The van der Waals surface area contributed by atoms with Gasteiger partial charge in [-0.15, -0.1) is 0 Å². The molecule has 3 aromatic carbocycles. The van der Waals surface area contributed by atoms with E-state index in [0.717, 1.165) is 27.1 Å². The summed E-state index contributed by atoms with van der Waals surface area (Å²) in [6.07, 6.45) is 2.93. The van der Waals surface area contributed by atoms with E-state index in [1.807, 2.05) is 30.3 Å². The highest BCUT2D eigenvalue weighted by Gasteiger charge is 2.13. The standard InChI is InChI=1S/C21H19ClO5/c1-26-19-8-13-5-12(3-4-21(22)25)17-9-20(27-2)15(11-24)7-18(17)16(13)6-14(19)10-23/h3-9,23-24H,10-11H2,1-2H3. The Labute approximate surface area is 161 Å². The third kappa shape index (κ3) is 3.62. The molecule has 0 atom stereocenters. The average Bonchev–Trinajstić information content (AvgIpc) is 2.69. The van der Waals surface area contributed by atoms with Crippen molar-refractivity contribution in [3.05, 3.63) is 53.1 Å². The van der Waals surface area contributed by atoms with E-state index >= 15 is 0 Å². The van der Waals surface area contributed by atoms with Gasteiger partial charge in [-0.1, -0.05) is 0 Å². The molecular formula is C21H19ClO5. The van der Waals surface area contributed by atoms with Crippen LogP contribution in [0.4, 0.5) is 0 Å². The highest BCUT2D eigenvalue weighted by molar-refractivity contribution is 6.66. The fourth-order valence-electron chi connectivity index (χ4n) is 3.25. The molecule has 0 spiro atoms. The highest BCUT2D eigenvalue weighted by atomic mass is 35.5. The first-order chi connectivity index (χ1) is 13.0. The van der Waals surface area contributed by atoms with Gasteiger partial charge in [0.15, 0.2) is 0 Å². The van der Waals surface area contributed by atoms with Crippen LogP contribution in [0, 0.1) is 0 Å². The molecule has 0 saturated heterocycles. The number of fused-ring (bicyclic) bond motifs is 3. The number of halogens is 1. The Morgan fingerprint density at radius 1 is 0.926 bits per heavy atom. The predicted octanol–water partition coefficient (Wildman–Crippen LogP) is 3.77. The summed E-state index contributed by atoms with van der Waals surface area (Å²) in [4.78, 5) is 11.2. The van der Waals surface area contributed by atoms with Crippen LogP contribution in [-0.4, -0.2) is 29.7 Å². The minimum atomic E-state index is -0.574. The molecular weight excluding hydrogens is 368 g/mol. The van der Waals surface area contributed by atoms with Crippen molar-refractivity contribution in [2.45, 2.75) is 13.2 Å². The number of allylic oxidation sites excluding steroid dienone is 1. The van der Waals surface area contributed by atoms with Crippen LogP contribution < -0.4 is 9.47 Å². The fraction of sp³-hybridized carbons (Fsp3) is 0.190. The number of aliphatic hydroxyl groups excluding tert-OH is 2. The zero-order valence-corrected chi connectivity index (χ0v) is 15.7. The van der Waals surface area contributed by atoms with E-state index in [2.05, 4.69) is 0 Å². The molecule has 0 aliphatic rings. The molecule has 6 heteroatoms. The number of carbonyl (C=O) groups excluding carboxylic acids is 1. The number of hydrogen-bond donors (Lipinski definition) is 2. The van der Waals surface area contributed by atoms with Crippen molar-refractivity contribution in [2.75, 3.05) is 14.2 Å². The number of carbonyl (C=O) groups is 1. The molecule has 3 aromatic rings. The molecule has 27 heavy (non-hydrogen) atoms. The minimum Gasteiger partial charge on any atom is -0.496 e. The normalized spacial score (nSPS) is 11.4. The van der Waals surface area contributed by atoms with E-state index in [1.54, 1.807) is 13.2 Å². The van der Waals surface area contributed by atoms with Crippen LogP contribution in [0.25, 0.3) is 27.6 Å². The molecule has 140 valence electrons. The monoisotopic (exact) mass is 386 g/mol. The first kappa shape index (κ1) is 19.2. The Kier molecular flexibility index (Phi) is 5.65. The quantitative estimate of drug-likeness (QED) is 0.383. The number of ether oxygens (including phenoxy) is 2. The van der Waals surface area contributed by atoms with Crippen molar-refractivity contribution in [1.82, 2.24) is 0 Å². The molecule has 0 amide bonds. The van der Waals surface area contributed by atoms with Crippen molar-refractivity contribution >= 4 is 44.5 Å². The summed E-state index contributed by atoms with van der Waals surface area (Å²) in [6.45, 7) is -0.337. The Hall–Kier alpha value is -2.60. The number of rotatable bonds is 6. The molecule has 0 radical (unpaired) electrons. The molecule has 0 fully saturated rings. The van der Waals surface area contributed by atoms with Crippen LogP contribution >= 0.6 is 11.6 Å². The van der Waals surface area contributed by atoms with E-state index in [1.165, 1.54) is 13.2 Å². The van der Waals surface area contributed by atoms with Crippen molar-refractivity contribution in [1.29, 1.82) is 0 Å². The van der Waals surface area contributed by atoms with Gasteiger partial charge in [0.25, 0.3) is 0 Å². The van der Waals surface area contributed by atoms with Gasteiger partial charge in [0.05, 0.1) is 27.4 Å². The Morgan fingerprint density at radius 3 is 2.07 bits per heavy atom.